The van der Waals surface area contributed by atoms with E-state index in [0.29, 0.717) is 18.8 Å². The molecule has 2 fully saturated rings. The average molecular weight is 410 g/mol. The van der Waals surface area contributed by atoms with Crippen molar-refractivity contribution in [2.45, 2.75) is 55.9 Å². The number of carbonyl (C=O) groups is 1. The molecule has 154 valence electrons. The van der Waals surface area contributed by atoms with E-state index in [-0.39, 0.29) is 28.4 Å². The number of nitro groups is 1. The highest BCUT2D eigenvalue weighted by molar-refractivity contribution is 7.90. The van der Waals surface area contributed by atoms with Crippen molar-refractivity contribution >= 4 is 27.1 Å². The minimum atomic E-state index is -3.60. The number of non-ortho nitro benzene ring substituents is 1. The van der Waals surface area contributed by atoms with E-state index >= 15 is 0 Å². The summed E-state index contributed by atoms with van der Waals surface area (Å²) in [5.41, 5.74) is 0.254. The Hall–Kier alpha value is -2.16. The number of amides is 1. The van der Waals surface area contributed by atoms with Crippen molar-refractivity contribution in [2.75, 3.05) is 24.2 Å². The summed E-state index contributed by atoms with van der Waals surface area (Å²) in [5, 5.41) is 14.2. The highest BCUT2D eigenvalue weighted by Crippen LogP contribution is 2.31. The molecule has 2 aliphatic rings. The number of benzene rings is 1. The molecule has 28 heavy (non-hydrogen) atoms. The molecule has 8 nitrogen and oxygen atoms in total. The van der Waals surface area contributed by atoms with Crippen molar-refractivity contribution in [3.8, 4) is 0 Å². The smallest absolute Gasteiger partial charge is 0.270 e. The number of hydrogen-bond acceptors (Lipinski definition) is 6. The second-order valence-electron chi connectivity index (χ2n) is 7.79. The Kier molecular flexibility index (Phi) is 6.22. The van der Waals surface area contributed by atoms with Crippen LogP contribution in [0.25, 0.3) is 0 Å². The van der Waals surface area contributed by atoms with Gasteiger partial charge in [-0.3, -0.25) is 14.9 Å². The first-order chi connectivity index (χ1) is 13.3. The minimum Gasteiger partial charge on any atom is -0.370 e. The normalized spacial score (nSPS) is 19.4. The number of anilines is 1. The topological polar surface area (TPSA) is 110 Å². The monoisotopic (exact) mass is 409 g/mol. The molecule has 0 radical (unpaired) electrons. The van der Waals surface area contributed by atoms with Gasteiger partial charge in [0, 0.05) is 43.4 Å². The van der Waals surface area contributed by atoms with Crippen LogP contribution in [-0.4, -0.2) is 44.6 Å². The van der Waals surface area contributed by atoms with E-state index in [1.54, 1.807) is 0 Å². The summed E-state index contributed by atoms with van der Waals surface area (Å²) in [7, 11) is -3.60. The number of nitrogens with one attached hydrogen (secondary N) is 1. The summed E-state index contributed by atoms with van der Waals surface area (Å²) >= 11 is 0. The van der Waals surface area contributed by atoms with E-state index in [0.717, 1.165) is 50.8 Å². The molecule has 1 aliphatic heterocycles. The Labute approximate surface area is 165 Å². The Bertz CT molecular complexity index is 841. The highest BCUT2D eigenvalue weighted by Gasteiger charge is 2.28. The minimum absolute atomic E-state index is 0.0219. The number of rotatable bonds is 5. The van der Waals surface area contributed by atoms with Gasteiger partial charge in [0.2, 0.25) is 5.91 Å². The maximum atomic E-state index is 12.4. The molecule has 1 aromatic rings. The quantitative estimate of drug-likeness (QED) is 0.591. The lowest BCUT2D eigenvalue weighted by Gasteiger charge is -2.35. The third-order valence-corrected chi connectivity index (χ3v) is 6.84. The lowest BCUT2D eigenvalue weighted by molar-refractivity contribution is -0.385. The summed E-state index contributed by atoms with van der Waals surface area (Å²) in [4.78, 5) is 24.8. The second kappa shape index (κ2) is 8.46. The number of carbonyl (C=O) groups excluding carboxylic acids is 1. The summed E-state index contributed by atoms with van der Waals surface area (Å²) < 4.78 is 24.3. The van der Waals surface area contributed by atoms with E-state index in [2.05, 4.69) is 5.32 Å². The summed E-state index contributed by atoms with van der Waals surface area (Å²) in [5.74, 6) is 0.267. The van der Waals surface area contributed by atoms with Crippen LogP contribution in [-0.2, 0) is 14.6 Å². The molecule has 1 saturated carbocycles. The van der Waals surface area contributed by atoms with Gasteiger partial charge in [0.1, 0.15) is 0 Å². The molecule has 1 amide bonds. The third-order valence-electron chi connectivity index (χ3n) is 5.71. The van der Waals surface area contributed by atoms with E-state index in [1.807, 2.05) is 4.90 Å². The predicted molar refractivity (Wildman–Crippen MR) is 106 cm³/mol. The molecule has 1 saturated heterocycles. The maximum absolute atomic E-state index is 12.4. The van der Waals surface area contributed by atoms with Crippen molar-refractivity contribution < 1.29 is 18.1 Å². The van der Waals surface area contributed by atoms with Gasteiger partial charge in [-0.05, 0) is 31.7 Å². The van der Waals surface area contributed by atoms with Crippen molar-refractivity contribution in [3.05, 3.63) is 28.3 Å². The Balaban J connectivity index is 1.66. The number of nitro benzene ring substituents is 1. The molecule has 1 aromatic carbocycles. The lowest BCUT2D eigenvalue weighted by atomic mass is 9.88. The standard InChI is InChI=1S/C19H27N3O5S/c1-28(26,27)18-13-16(22(24)25)7-8-17(18)21-11-9-15(10-12-21)20-19(23)14-5-3-2-4-6-14/h7-8,13-15H,2-6,9-12H2,1H3,(H,20,23). The summed E-state index contributed by atoms with van der Waals surface area (Å²) in [6, 6.07) is 4.06. The van der Waals surface area contributed by atoms with E-state index in [9.17, 15) is 23.3 Å². The Morgan fingerprint density at radius 2 is 1.79 bits per heavy atom. The molecule has 1 aliphatic carbocycles. The highest BCUT2D eigenvalue weighted by atomic mass is 32.2. The fraction of sp³-hybridized carbons (Fsp3) is 0.632. The zero-order valence-corrected chi connectivity index (χ0v) is 16.9. The number of nitrogens with zero attached hydrogens (tertiary/aromatic N) is 2. The van der Waals surface area contributed by atoms with Crippen LogP contribution >= 0.6 is 0 Å². The molecule has 0 bridgehead atoms. The molecular formula is C19H27N3O5S. The van der Waals surface area contributed by atoms with Crippen LogP contribution in [0.1, 0.15) is 44.9 Å². The molecular weight excluding hydrogens is 382 g/mol. The van der Waals surface area contributed by atoms with Gasteiger partial charge in [-0.25, -0.2) is 8.42 Å². The van der Waals surface area contributed by atoms with Gasteiger partial charge in [0.05, 0.1) is 15.5 Å². The van der Waals surface area contributed by atoms with Crippen molar-refractivity contribution in [1.82, 2.24) is 5.32 Å². The Morgan fingerprint density at radius 1 is 1.14 bits per heavy atom. The summed E-state index contributed by atoms with van der Waals surface area (Å²) in [6.45, 7) is 1.19. The first kappa shape index (κ1) is 20.6. The Morgan fingerprint density at radius 3 is 2.36 bits per heavy atom. The van der Waals surface area contributed by atoms with Crippen molar-refractivity contribution in [3.63, 3.8) is 0 Å². The van der Waals surface area contributed by atoms with Crippen LogP contribution in [0.3, 0.4) is 0 Å². The molecule has 0 aromatic heterocycles. The van der Waals surface area contributed by atoms with E-state index in [1.165, 1.54) is 18.6 Å². The molecule has 0 spiro atoms. The van der Waals surface area contributed by atoms with Crippen LogP contribution < -0.4 is 10.2 Å². The van der Waals surface area contributed by atoms with E-state index in [4.69, 9.17) is 0 Å². The molecule has 1 N–H and O–H groups in total. The number of hydrogen-bond donors (Lipinski definition) is 1. The average Bonchev–Trinajstić information content (AvgIpc) is 2.68. The fourth-order valence-corrected chi connectivity index (χ4v) is 5.04. The maximum Gasteiger partial charge on any atom is 0.270 e. The van der Waals surface area contributed by atoms with Gasteiger partial charge in [-0.1, -0.05) is 19.3 Å². The molecule has 0 atom stereocenters. The predicted octanol–water partition coefficient (Wildman–Crippen LogP) is 2.66. The van der Waals surface area contributed by atoms with Crippen LogP contribution in [0.2, 0.25) is 0 Å². The lowest BCUT2D eigenvalue weighted by Crippen LogP contribution is -2.46. The van der Waals surface area contributed by atoms with Crippen LogP contribution in [0.4, 0.5) is 11.4 Å². The van der Waals surface area contributed by atoms with Crippen LogP contribution in [0, 0.1) is 16.0 Å². The van der Waals surface area contributed by atoms with Gasteiger partial charge in [-0.2, -0.15) is 0 Å². The van der Waals surface area contributed by atoms with Crippen molar-refractivity contribution in [1.29, 1.82) is 0 Å². The number of piperidine rings is 1. The fourth-order valence-electron chi connectivity index (χ4n) is 4.12. The second-order valence-corrected chi connectivity index (χ2v) is 9.77. The number of sulfone groups is 1. The zero-order valence-electron chi connectivity index (χ0n) is 16.1. The van der Waals surface area contributed by atoms with Gasteiger partial charge < -0.3 is 10.2 Å². The van der Waals surface area contributed by atoms with Gasteiger partial charge in [0.25, 0.3) is 5.69 Å². The van der Waals surface area contributed by atoms with Crippen LogP contribution in [0.15, 0.2) is 23.1 Å². The SMILES string of the molecule is CS(=O)(=O)c1cc([N+](=O)[O-])ccc1N1CCC(NC(=O)C2CCCCC2)CC1. The van der Waals surface area contributed by atoms with Crippen LogP contribution in [0.5, 0.6) is 0 Å². The zero-order chi connectivity index (χ0) is 20.3. The first-order valence-corrected chi connectivity index (χ1v) is 11.7. The van der Waals surface area contributed by atoms with Gasteiger partial charge in [-0.15, -0.1) is 0 Å². The molecule has 1 heterocycles. The first-order valence-electron chi connectivity index (χ1n) is 9.79. The largest absolute Gasteiger partial charge is 0.370 e. The van der Waals surface area contributed by atoms with E-state index < -0.39 is 14.8 Å². The third kappa shape index (κ3) is 4.81. The summed E-state index contributed by atoms with van der Waals surface area (Å²) in [6.07, 6.45) is 7.87. The van der Waals surface area contributed by atoms with Gasteiger partial charge in [0.15, 0.2) is 9.84 Å². The molecule has 0 unspecified atom stereocenters. The molecule has 9 heteroatoms. The molecule has 3 rings (SSSR count). The van der Waals surface area contributed by atoms with Crippen molar-refractivity contribution in [2.24, 2.45) is 5.92 Å². The van der Waals surface area contributed by atoms with Gasteiger partial charge >= 0.3 is 0 Å².